The zero-order chi connectivity index (χ0) is 14.7. The highest BCUT2D eigenvalue weighted by Gasteiger charge is 2.25. The molecule has 0 spiro atoms. The van der Waals surface area contributed by atoms with Crippen LogP contribution in [0, 0.1) is 0 Å². The maximum atomic E-state index is 11.5. The van der Waals surface area contributed by atoms with Crippen molar-refractivity contribution in [1.82, 2.24) is 19.8 Å². The third kappa shape index (κ3) is 3.05. The van der Waals surface area contributed by atoms with Crippen molar-refractivity contribution in [2.24, 2.45) is 0 Å². The van der Waals surface area contributed by atoms with Crippen LogP contribution in [0.25, 0.3) is 0 Å². The van der Waals surface area contributed by atoms with E-state index >= 15 is 0 Å². The molecule has 7 heteroatoms. The summed E-state index contributed by atoms with van der Waals surface area (Å²) in [6.45, 7) is 2.88. The summed E-state index contributed by atoms with van der Waals surface area (Å²) >= 11 is 0. The number of aromatic nitrogens is 2. The summed E-state index contributed by atoms with van der Waals surface area (Å²) in [7, 11) is 5.44. The molecular formula is C13H21N5O2. The molecule has 0 aromatic carbocycles. The van der Waals surface area contributed by atoms with Gasteiger partial charge < -0.3 is 15.4 Å². The van der Waals surface area contributed by atoms with Crippen LogP contribution in [0.4, 0.5) is 5.82 Å². The number of ether oxygens (including phenoxy) is 1. The van der Waals surface area contributed by atoms with Crippen LogP contribution in [0.15, 0.2) is 6.20 Å². The number of esters is 1. The molecule has 1 fully saturated rings. The van der Waals surface area contributed by atoms with Crippen LogP contribution in [-0.2, 0) is 4.74 Å². The number of nitrogens with two attached hydrogens (primary N) is 1. The van der Waals surface area contributed by atoms with Crippen LogP contribution in [0.3, 0.4) is 0 Å². The number of nitrogen functional groups attached to an aromatic ring is 1. The van der Waals surface area contributed by atoms with Crippen LogP contribution in [0.2, 0.25) is 0 Å². The highest BCUT2D eigenvalue weighted by Crippen LogP contribution is 2.21. The Hall–Kier alpha value is -1.73. The van der Waals surface area contributed by atoms with Gasteiger partial charge in [0, 0.05) is 12.7 Å². The van der Waals surface area contributed by atoms with Gasteiger partial charge in [-0.05, 0) is 33.6 Å². The van der Waals surface area contributed by atoms with Crippen LogP contribution < -0.4 is 5.73 Å². The minimum Gasteiger partial charge on any atom is -0.465 e. The predicted octanol–water partition coefficient (Wildman–Crippen LogP) is 0.154. The molecule has 1 aliphatic heterocycles. The third-order valence-corrected chi connectivity index (χ3v) is 3.61. The smallest absolute Gasteiger partial charge is 0.343 e. The average Bonchev–Trinajstić information content (AvgIpc) is 2.59. The number of carbonyl (C=O) groups is 1. The van der Waals surface area contributed by atoms with Gasteiger partial charge in [0.05, 0.1) is 13.2 Å². The first kappa shape index (κ1) is 14.7. The van der Waals surface area contributed by atoms with Crippen molar-refractivity contribution in [2.45, 2.75) is 12.5 Å². The Morgan fingerprint density at radius 3 is 2.85 bits per heavy atom. The van der Waals surface area contributed by atoms with Gasteiger partial charge in [-0.1, -0.05) is 0 Å². The maximum absolute atomic E-state index is 11.5. The molecule has 1 saturated heterocycles. The van der Waals surface area contributed by atoms with Crippen molar-refractivity contribution in [3.05, 3.63) is 17.6 Å². The van der Waals surface area contributed by atoms with E-state index in [9.17, 15) is 4.79 Å². The Kier molecular flexibility index (Phi) is 4.51. The van der Waals surface area contributed by atoms with Gasteiger partial charge in [0.25, 0.3) is 0 Å². The minimum absolute atomic E-state index is 0.0801. The van der Waals surface area contributed by atoms with Gasteiger partial charge in [0.2, 0.25) is 0 Å². The van der Waals surface area contributed by atoms with Crippen molar-refractivity contribution in [3.63, 3.8) is 0 Å². The first-order valence-electron chi connectivity index (χ1n) is 6.62. The second-order valence-corrected chi connectivity index (χ2v) is 5.13. The van der Waals surface area contributed by atoms with Gasteiger partial charge in [-0.15, -0.1) is 0 Å². The molecule has 1 unspecified atom stereocenters. The molecule has 7 nitrogen and oxygen atoms in total. The maximum Gasteiger partial charge on any atom is 0.343 e. The Balaban J connectivity index is 2.27. The first-order valence-corrected chi connectivity index (χ1v) is 6.62. The molecule has 1 aromatic heterocycles. The van der Waals surface area contributed by atoms with E-state index in [1.807, 2.05) is 0 Å². The molecule has 0 bridgehead atoms. The molecule has 20 heavy (non-hydrogen) atoms. The quantitative estimate of drug-likeness (QED) is 0.771. The zero-order valence-electron chi connectivity index (χ0n) is 12.2. The standard InChI is InChI=1S/C13H21N5O2/c1-17-5-4-6-18(2)10(8-17)12-15-7-9(11(14)16-12)13(19)20-3/h7,10H,4-6,8H2,1-3H3,(H2,14,15,16). The van der Waals surface area contributed by atoms with Crippen LogP contribution in [0.5, 0.6) is 0 Å². The SMILES string of the molecule is COC(=O)c1cnc(C2CN(C)CCCN2C)nc1N. The fourth-order valence-electron chi connectivity index (χ4n) is 2.39. The Morgan fingerprint density at radius 2 is 2.20 bits per heavy atom. The number of likely N-dealkylation sites (N-methyl/N-ethyl adjacent to an activating group) is 2. The van der Waals surface area contributed by atoms with Gasteiger partial charge in [-0.25, -0.2) is 14.8 Å². The lowest BCUT2D eigenvalue weighted by Gasteiger charge is -2.26. The molecule has 0 aliphatic carbocycles. The molecule has 1 aromatic rings. The summed E-state index contributed by atoms with van der Waals surface area (Å²) in [6, 6.07) is 0.0801. The topological polar surface area (TPSA) is 84.6 Å². The molecule has 0 radical (unpaired) electrons. The van der Waals surface area contributed by atoms with Crippen molar-refractivity contribution in [3.8, 4) is 0 Å². The van der Waals surface area contributed by atoms with E-state index < -0.39 is 5.97 Å². The summed E-state index contributed by atoms with van der Waals surface area (Å²) in [5.41, 5.74) is 6.05. The number of hydrogen-bond donors (Lipinski definition) is 1. The number of rotatable bonds is 2. The van der Waals surface area contributed by atoms with Gasteiger partial charge in [0.1, 0.15) is 17.2 Å². The molecule has 2 heterocycles. The second kappa shape index (κ2) is 6.15. The van der Waals surface area contributed by atoms with Crippen molar-refractivity contribution in [1.29, 1.82) is 0 Å². The lowest BCUT2D eigenvalue weighted by molar-refractivity contribution is 0.0601. The van der Waals surface area contributed by atoms with E-state index in [1.165, 1.54) is 13.3 Å². The molecular weight excluding hydrogens is 258 g/mol. The van der Waals surface area contributed by atoms with E-state index in [4.69, 9.17) is 5.73 Å². The fourth-order valence-corrected chi connectivity index (χ4v) is 2.39. The molecule has 2 N–H and O–H groups in total. The Bertz CT molecular complexity index is 494. The fraction of sp³-hybridized carbons (Fsp3) is 0.615. The van der Waals surface area contributed by atoms with Crippen LogP contribution >= 0.6 is 0 Å². The van der Waals surface area contributed by atoms with E-state index in [0.717, 1.165) is 26.1 Å². The minimum atomic E-state index is -0.514. The number of anilines is 1. The zero-order valence-corrected chi connectivity index (χ0v) is 12.2. The molecule has 2 rings (SSSR count). The number of hydrogen-bond acceptors (Lipinski definition) is 7. The predicted molar refractivity (Wildman–Crippen MR) is 75.3 cm³/mol. The Morgan fingerprint density at radius 1 is 1.45 bits per heavy atom. The van der Waals surface area contributed by atoms with Crippen molar-refractivity contribution < 1.29 is 9.53 Å². The number of methoxy groups -OCH3 is 1. The van der Waals surface area contributed by atoms with E-state index in [2.05, 4.69) is 38.6 Å². The van der Waals surface area contributed by atoms with Crippen molar-refractivity contribution in [2.75, 3.05) is 46.6 Å². The summed E-state index contributed by atoms with van der Waals surface area (Å²) in [4.78, 5) is 24.6. The summed E-state index contributed by atoms with van der Waals surface area (Å²) in [6.07, 6.45) is 2.56. The molecule has 0 saturated carbocycles. The normalized spacial score (nSPS) is 21.4. The summed E-state index contributed by atoms with van der Waals surface area (Å²) < 4.78 is 4.64. The van der Waals surface area contributed by atoms with E-state index in [1.54, 1.807) is 0 Å². The number of carbonyl (C=O) groups excluding carboxylic acids is 1. The highest BCUT2D eigenvalue weighted by atomic mass is 16.5. The largest absolute Gasteiger partial charge is 0.465 e. The van der Waals surface area contributed by atoms with Crippen LogP contribution in [0.1, 0.15) is 28.6 Å². The lowest BCUT2D eigenvalue weighted by Crippen LogP contribution is -2.32. The highest BCUT2D eigenvalue weighted by molar-refractivity contribution is 5.93. The van der Waals surface area contributed by atoms with Crippen LogP contribution in [-0.4, -0.2) is 66.6 Å². The molecule has 1 atom stereocenters. The van der Waals surface area contributed by atoms with Gasteiger partial charge >= 0.3 is 5.97 Å². The molecule has 110 valence electrons. The Labute approximate surface area is 118 Å². The van der Waals surface area contributed by atoms with E-state index in [0.29, 0.717) is 5.82 Å². The first-order chi connectivity index (χ1) is 9.52. The molecule has 1 aliphatic rings. The summed E-state index contributed by atoms with van der Waals surface area (Å²) in [5.74, 6) is 0.300. The van der Waals surface area contributed by atoms with E-state index in [-0.39, 0.29) is 17.4 Å². The van der Waals surface area contributed by atoms with Gasteiger partial charge in [-0.2, -0.15) is 0 Å². The molecule has 0 amide bonds. The van der Waals surface area contributed by atoms with Gasteiger partial charge in [0.15, 0.2) is 0 Å². The van der Waals surface area contributed by atoms with Gasteiger partial charge in [-0.3, -0.25) is 4.90 Å². The number of nitrogens with zero attached hydrogens (tertiary/aromatic N) is 4. The monoisotopic (exact) mass is 279 g/mol. The summed E-state index contributed by atoms with van der Waals surface area (Å²) in [5, 5.41) is 0. The third-order valence-electron chi connectivity index (χ3n) is 3.61. The second-order valence-electron chi connectivity index (χ2n) is 5.13. The lowest BCUT2D eigenvalue weighted by atomic mass is 10.2. The average molecular weight is 279 g/mol. The van der Waals surface area contributed by atoms with Crippen molar-refractivity contribution >= 4 is 11.8 Å².